The summed E-state index contributed by atoms with van der Waals surface area (Å²) in [5.41, 5.74) is -0.602. The van der Waals surface area contributed by atoms with Gasteiger partial charge in [-0.3, -0.25) is 0 Å². The molecular weight excluding hydrogens is 254 g/mol. The van der Waals surface area contributed by atoms with Crippen LogP contribution in [0.2, 0.25) is 4.34 Å². The second-order valence-corrected chi connectivity index (χ2v) is 6.58. The largest absolute Gasteiger partial charge is 0.386 e. The Balaban J connectivity index is 2.22. The summed E-state index contributed by atoms with van der Waals surface area (Å²) in [4.78, 5) is 0.813. The van der Waals surface area contributed by atoms with Crippen molar-refractivity contribution < 1.29 is 5.11 Å². The van der Waals surface area contributed by atoms with Crippen LogP contribution in [-0.4, -0.2) is 5.11 Å². The summed E-state index contributed by atoms with van der Waals surface area (Å²) in [6.07, 6.45) is 3.03. The Hall–Kier alpha value is -0.560. The highest BCUT2D eigenvalue weighted by atomic mass is 35.5. The van der Waals surface area contributed by atoms with Crippen LogP contribution in [0.5, 0.6) is 0 Å². The van der Waals surface area contributed by atoms with Gasteiger partial charge in [-0.15, -0.1) is 11.3 Å². The molecule has 3 atom stereocenters. The van der Waals surface area contributed by atoms with E-state index in [1.54, 1.807) is 6.07 Å². The van der Waals surface area contributed by atoms with E-state index in [4.69, 9.17) is 11.6 Å². The lowest BCUT2D eigenvalue weighted by Crippen LogP contribution is -2.24. The minimum absolute atomic E-state index is 0.569. The van der Waals surface area contributed by atoms with Crippen LogP contribution >= 0.6 is 22.9 Å². The van der Waals surface area contributed by atoms with Crippen LogP contribution in [0, 0.1) is 22.7 Å². The van der Waals surface area contributed by atoms with Gasteiger partial charge in [0.25, 0.3) is 0 Å². The minimum atomic E-state index is -0.693. The minimum Gasteiger partial charge on any atom is -0.386 e. The average Bonchev–Trinajstić information content (AvgIpc) is 2.95. The Bertz CT molecular complexity index is 439. The van der Waals surface area contributed by atoms with Gasteiger partial charge in [0.1, 0.15) is 6.10 Å². The molecule has 1 aromatic rings. The first-order chi connectivity index (χ1) is 8.11. The monoisotopic (exact) mass is 269 g/mol. The number of nitrogens with zero attached hydrogens (tertiary/aromatic N) is 1. The molecule has 4 heteroatoms. The maximum atomic E-state index is 10.4. The highest BCUT2D eigenvalue weighted by Crippen LogP contribution is 2.51. The predicted molar refractivity (Wildman–Crippen MR) is 70.0 cm³/mol. The van der Waals surface area contributed by atoms with E-state index in [1.165, 1.54) is 11.3 Å². The molecule has 0 aliphatic heterocycles. The quantitative estimate of drug-likeness (QED) is 0.896. The molecule has 0 aromatic carbocycles. The van der Waals surface area contributed by atoms with Crippen molar-refractivity contribution in [3.05, 3.63) is 21.3 Å². The first-order valence-electron chi connectivity index (χ1n) is 5.96. The number of thiophene rings is 1. The lowest BCUT2D eigenvalue weighted by Gasteiger charge is -2.26. The van der Waals surface area contributed by atoms with Crippen LogP contribution in [-0.2, 0) is 0 Å². The van der Waals surface area contributed by atoms with Crippen molar-refractivity contribution in [3.63, 3.8) is 0 Å². The molecule has 0 spiro atoms. The van der Waals surface area contributed by atoms with E-state index in [2.05, 4.69) is 13.0 Å². The van der Waals surface area contributed by atoms with Gasteiger partial charge in [-0.1, -0.05) is 24.9 Å². The van der Waals surface area contributed by atoms with E-state index in [9.17, 15) is 10.4 Å². The summed E-state index contributed by atoms with van der Waals surface area (Å²) >= 11 is 7.25. The number of aliphatic hydroxyl groups excluding tert-OH is 1. The van der Waals surface area contributed by atoms with E-state index in [1.807, 2.05) is 6.07 Å². The first kappa shape index (κ1) is 12.9. The van der Waals surface area contributed by atoms with Gasteiger partial charge < -0.3 is 5.11 Å². The second kappa shape index (κ2) is 4.97. The number of aliphatic hydroxyl groups is 1. The van der Waals surface area contributed by atoms with E-state index in [0.29, 0.717) is 10.3 Å². The topological polar surface area (TPSA) is 44.0 Å². The van der Waals surface area contributed by atoms with E-state index < -0.39 is 11.5 Å². The molecule has 3 unspecified atom stereocenters. The van der Waals surface area contributed by atoms with E-state index >= 15 is 0 Å². The lowest BCUT2D eigenvalue weighted by atomic mass is 9.80. The van der Waals surface area contributed by atoms with Crippen molar-refractivity contribution in [1.82, 2.24) is 0 Å². The Kier molecular flexibility index (Phi) is 3.77. The fourth-order valence-electron chi connectivity index (χ4n) is 2.69. The number of rotatable bonds is 3. The summed E-state index contributed by atoms with van der Waals surface area (Å²) in [5, 5.41) is 19.9. The van der Waals surface area contributed by atoms with Gasteiger partial charge in [-0.2, -0.15) is 5.26 Å². The molecule has 1 fully saturated rings. The summed E-state index contributed by atoms with van der Waals surface area (Å²) < 4.78 is 0.664. The van der Waals surface area contributed by atoms with Gasteiger partial charge in [0, 0.05) is 4.88 Å². The molecule has 1 aromatic heterocycles. The fourth-order valence-corrected chi connectivity index (χ4v) is 3.85. The van der Waals surface area contributed by atoms with Crippen molar-refractivity contribution >= 4 is 22.9 Å². The molecule has 0 bridgehead atoms. The maximum absolute atomic E-state index is 10.4. The predicted octanol–water partition coefficient (Wildman–Crippen LogP) is 4.15. The van der Waals surface area contributed by atoms with Gasteiger partial charge in [-0.25, -0.2) is 0 Å². The van der Waals surface area contributed by atoms with Gasteiger partial charge in [0.05, 0.1) is 15.8 Å². The molecule has 1 aliphatic carbocycles. The number of halogens is 1. The highest BCUT2D eigenvalue weighted by molar-refractivity contribution is 7.16. The third-order valence-electron chi connectivity index (χ3n) is 3.84. The van der Waals surface area contributed by atoms with Crippen LogP contribution < -0.4 is 0 Å². The Morgan fingerprint density at radius 1 is 1.71 bits per heavy atom. The molecule has 17 heavy (non-hydrogen) atoms. The van der Waals surface area contributed by atoms with Crippen LogP contribution in [0.15, 0.2) is 12.1 Å². The van der Waals surface area contributed by atoms with Gasteiger partial charge in [0.15, 0.2) is 0 Å². The molecule has 92 valence electrons. The molecule has 1 aliphatic rings. The van der Waals surface area contributed by atoms with E-state index in [-0.39, 0.29) is 0 Å². The summed E-state index contributed by atoms with van der Waals surface area (Å²) in [5.74, 6) is 0.569. The average molecular weight is 270 g/mol. The normalized spacial score (nSPS) is 30.1. The zero-order valence-corrected chi connectivity index (χ0v) is 11.4. The second-order valence-electron chi connectivity index (χ2n) is 4.83. The van der Waals surface area contributed by atoms with Gasteiger partial charge >= 0.3 is 0 Å². The van der Waals surface area contributed by atoms with Crippen molar-refractivity contribution in [1.29, 1.82) is 5.26 Å². The SMILES string of the molecule is CCC1CCC(C#N)(C(O)c2ccc(Cl)s2)C1. The molecular formula is C13H16ClNOS. The molecule has 0 amide bonds. The molecule has 1 N–H and O–H groups in total. The maximum Gasteiger partial charge on any atom is 0.107 e. The molecule has 1 heterocycles. The van der Waals surface area contributed by atoms with Crippen LogP contribution in [0.4, 0.5) is 0 Å². The highest BCUT2D eigenvalue weighted by Gasteiger charge is 2.45. The smallest absolute Gasteiger partial charge is 0.107 e. The third-order valence-corrected chi connectivity index (χ3v) is 5.12. The van der Waals surface area contributed by atoms with E-state index in [0.717, 1.165) is 30.6 Å². The first-order valence-corrected chi connectivity index (χ1v) is 7.15. The Labute approximate surface area is 111 Å². The molecule has 1 saturated carbocycles. The number of hydrogen-bond donors (Lipinski definition) is 1. The van der Waals surface area contributed by atoms with Crippen LogP contribution in [0.3, 0.4) is 0 Å². The van der Waals surface area contributed by atoms with Crippen LogP contribution in [0.1, 0.15) is 43.6 Å². The molecule has 0 saturated heterocycles. The zero-order valence-electron chi connectivity index (χ0n) is 9.82. The summed E-state index contributed by atoms with van der Waals surface area (Å²) in [6, 6.07) is 5.97. The number of nitriles is 1. The standard InChI is InChI=1S/C13H16ClNOS/c1-2-9-5-6-13(7-9,8-15)12(16)10-3-4-11(14)17-10/h3-4,9,12,16H,2,5-7H2,1H3. The van der Waals surface area contributed by atoms with Crippen molar-refractivity contribution in [2.24, 2.45) is 11.3 Å². The van der Waals surface area contributed by atoms with Crippen LogP contribution in [0.25, 0.3) is 0 Å². The molecule has 2 rings (SSSR count). The summed E-state index contributed by atoms with van der Waals surface area (Å²) in [6.45, 7) is 2.15. The van der Waals surface area contributed by atoms with Crippen molar-refractivity contribution in [2.45, 2.75) is 38.7 Å². The molecule has 2 nitrogen and oxygen atoms in total. The fraction of sp³-hybridized carbons (Fsp3) is 0.615. The third kappa shape index (κ3) is 2.35. The Morgan fingerprint density at radius 3 is 2.94 bits per heavy atom. The lowest BCUT2D eigenvalue weighted by molar-refractivity contribution is 0.0672. The number of hydrogen-bond acceptors (Lipinski definition) is 3. The summed E-state index contributed by atoms with van der Waals surface area (Å²) in [7, 11) is 0. The van der Waals surface area contributed by atoms with Crippen molar-refractivity contribution in [2.75, 3.05) is 0 Å². The van der Waals surface area contributed by atoms with Crippen molar-refractivity contribution in [3.8, 4) is 6.07 Å². The Morgan fingerprint density at radius 2 is 2.47 bits per heavy atom. The van der Waals surface area contributed by atoms with Gasteiger partial charge in [-0.05, 0) is 37.3 Å². The zero-order chi connectivity index (χ0) is 12.5. The molecule has 0 radical (unpaired) electrons. The van der Waals surface area contributed by atoms with Gasteiger partial charge in [0.2, 0.25) is 0 Å².